The number of fused-ring (bicyclic) bond motifs is 1. The molecule has 0 saturated heterocycles. The van der Waals surface area contributed by atoms with Gasteiger partial charge in [0, 0.05) is 10.9 Å². The van der Waals surface area contributed by atoms with Crippen LogP contribution in [0.1, 0.15) is 10.5 Å². The fourth-order valence-corrected chi connectivity index (χ4v) is 4.71. The maximum atomic E-state index is 12.7. The fourth-order valence-electron chi connectivity index (χ4n) is 3.03. The molecule has 0 spiro atoms. The molecule has 13 heteroatoms. The largest absolute Gasteiger partial charge is 0.573 e. The summed E-state index contributed by atoms with van der Waals surface area (Å²) in [5.74, 6) is -1.76. The number of aromatic amines is 1. The number of ether oxygens (including phenoxy) is 1. The van der Waals surface area contributed by atoms with Gasteiger partial charge in [0.2, 0.25) is 0 Å². The Labute approximate surface area is 182 Å². The van der Waals surface area contributed by atoms with Gasteiger partial charge >= 0.3 is 12.3 Å². The molecule has 3 aromatic heterocycles. The number of sulfonamides is 1. The van der Waals surface area contributed by atoms with Gasteiger partial charge in [0.25, 0.3) is 10.0 Å². The molecular weight excluding hydrogens is 471 g/mol. The number of H-pyrrole nitrogens is 1. The molecule has 0 fully saturated rings. The summed E-state index contributed by atoms with van der Waals surface area (Å²) in [6.07, 6.45) is -3.70. The lowest BCUT2D eigenvalue weighted by Crippen LogP contribution is -2.17. The first kappa shape index (κ1) is 21.6. The molecule has 3 heterocycles. The Morgan fingerprint density at radius 1 is 1.19 bits per heavy atom. The van der Waals surface area contributed by atoms with Crippen molar-refractivity contribution in [2.45, 2.75) is 11.3 Å². The van der Waals surface area contributed by atoms with Crippen LogP contribution in [-0.2, 0) is 10.0 Å². The number of anilines is 1. The lowest BCUT2D eigenvalue weighted by molar-refractivity contribution is -0.274. The van der Waals surface area contributed by atoms with E-state index in [4.69, 9.17) is 0 Å². The number of hydrogen-bond acceptors (Lipinski definition) is 6. The molecule has 0 aliphatic rings. The van der Waals surface area contributed by atoms with E-state index >= 15 is 0 Å². The second-order valence-corrected chi connectivity index (χ2v) is 8.90. The zero-order valence-electron chi connectivity index (χ0n) is 15.7. The number of aromatic nitrogens is 2. The van der Waals surface area contributed by atoms with Crippen LogP contribution in [-0.4, -0.2) is 35.8 Å². The number of aromatic carboxylic acids is 1. The average molecular weight is 483 g/mol. The van der Waals surface area contributed by atoms with Gasteiger partial charge < -0.3 is 14.8 Å². The third-order valence-electron chi connectivity index (χ3n) is 4.29. The molecule has 166 valence electrons. The van der Waals surface area contributed by atoms with Crippen molar-refractivity contribution < 1.29 is 36.2 Å². The Morgan fingerprint density at radius 2 is 1.91 bits per heavy atom. The van der Waals surface area contributed by atoms with Gasteiger partial charge in [-0.2, -0.15) is 11.3 Å². The van der Waals surface area contributed by atoms with Gasteiger partial charge in [-0.3, -0.25) is 4.72 Å². The summed E-state index contributed by atoms with van der Waals surface area (Å²) >= 11 is 1.36. The highest BCUT2D eigenvalue weighted by atomic mass is 32.2. The number of nitrogens with one attached hydrogen (secondary N) is 2. The second-order valence-electron chi connectivity index (χ2n) is 6.44. The molecule has 0 saturated carbocycles. The minimum absolute atomic E-state index is 0.0422. The van der Waals surface area contributed by atoms with E-state index in [0.29, 0.717) is 16.5 Å². The van der Waals surface area contributed by atoms with E-state index in [2.05, 4.69) is 19.4 Å². The number of pyridine rings is 1. The standard InChI is InChI=1S/C19H12F3N3O5S2/c20-19(21,22)30-12-1-3-13(4-2-12)32(28,29)25-11-7-14-15(10-5-6-31-9-10)16(18(26)27)24-17(14)23-8-11/h1-9,25H,(H,23,24)(H,26,27). The second kappa shape index (κ2) is 7.84. The van der Waals surface area contributed by atoms with Crippen molar-refractivity contribution in [3.63, 3.8) is 0 Å². The smallest absolute Gasteiger partial charge is 0.477 e. The van der Waals surface area contributed by atoms with Gasteiger partial charge in [-0.25, -0.2) is 18.2 Å². The molecule has 0 aliphatic heterocycles. The lowest BCUT2D eigenvalue weighted by atomic mass is 10.1. The van der Waals surface area contributed by atoms with E-state index in [1.165, 1.54) is 23.6 Å². The number of rotatable bonds is 6. The number of carbonyl (C=O) groups is 1. The first-order valence-corrected chi connectivity index (χ1v) is 11.1. The monoisotopic (exact) mass is 483 g/mol. The Morgan fingerprint density at radius 3 is 2.50 bits per heavy atom. The highest BCUT2D eigenvalue weighted by molar-refractivity contribution is 7.92. The molecule has 4 aromatic rings. The van der Waals surface area contributed by atoms with Crippen LogP contribution in [0, 0.1) is 0 Å². The summed E-state index contributed by atoms with van der Waals surface area (Å²) in [5.41, 5.74) is 1.18. The first-order valence-electron chi connectivity index (χ1n) is 8.70. The molecular formula is C19H12F3N3O5S2. The van der Waals surface area contributed by atoms with E-state index < -0.39 is 28.1 Å². The lowest BCUT2D eigenvalue weighted by Gasteiger charge is -2.11. The molecule has 0 aliphatic carbocycles. The van der Waals surface area contributed by atoms with Gasteiger partial charge in [-0.05, 0) is 52.7 Å². The predicted molar refractivity (Wildman–Crippen MR) is 110 cm³/mol. The van der Waals surface area contributed by atoms with Crippen LogP contribution in [0.15, 0.2) is 58.3 Å². The number of halogens is 3. The molecule has 32 heavy (non-hydrogen) atoms. The quantitative estimate of drug-likeness (QED) is 0.366. The van der Waals surface area contributed by atoms with Crippen molar-refractivity contribution in [1.82, 2.24) is 9.97 Å². The Hall–Kier alpha value is -3.58. The molecule has 3 N–H and O–H groups in total. The number of thiophene rings is 1. The number of hydrogen-bond donors (Lipinski definition) is 3. The van der Waals surface area contributed by atoms with Crippen LogP contribution in [0.3, 0.4) is 0 Å². The zero-order valence-corrected chi connectivity index (χ0v) is 17.3. The number of carboxylic acids is 1. The molecule has 0 atom stereocenters. The fraction of sp³-hybridized carbons (Fsp3) is 0.0526. The van der Waals surface area contributed by atoms with Gasteiger partial charge in [0.1, 0.15) is 17.1 Å². The number of carboxylic acid groups (broad SMARTS) is 1. The molecule has 0 radical (unpaired) electrons. The molecule has 4 rings (SSSR count). The molecule has 1 aromatic carbocycles. The average Bonchev–Trinajstić information content (AvgIpc) is 3.34. The third kappa shape index (κ3) is 4.38. The normalized spacial score (nSPS) is 12.1. The summed E-state index contributed by atoms with van der Waals surface area (Å²) in [5, 5.41) is 13.4. The number of benzene rings is 1. The van der Waals surface area contributed by atoms with Crippen LogP contribution in [0.5, 0.6) is 5.75 Å². The molecule has 0 bridgehead atoms. The van der Waals surface area contributed by atoms with Gasteiger partial charge in [-0.15, -0.1) is 13.2 Å². The summed E-state index contributed by atoms with van der Waals surface area (Å²) in [4.78, 5) is 18.2. The SMILES string of the molecule is O=C(O)c1[nH]c2ncc(NS(=O)(=O)c3ccc(OC(F)(F)F)cc3)cc2c1-c1ccsc1. The minimum Gasteiger partial charge on any atom is -0.477 e. The molecule has 0 amide bonds. The van der Waals surface area contributed by atoms with E-state index in [1.807, 2.05) is 0 Å². The molecule has 0 unspecified atom stereocenters. The summed E-state index contributed by atoms with van der Waals surface area (Å²) in [6.45, 7) is 0. The van der Waals surface area contributed by atoms with Crippen LogP contribution < -0.4 is 9.46 Å². The van der Waals surface area contributed by atoms with Gasteiger partial charge in [-0.1, -0.05) is 0 Å². The third-order valence-corrected chi connectivity index (χ3v) is 6.37. The molecule has 8 nitrogen and oxygen atoms in total. The van der Waals surface area contributed by atoms with E-state index in [-0.39, 0.29) is 21.9 Å². The van der Waals surface area contributed by atoms with Crippen LogP contribution >= 0.6 is 11.3 Å². The van der Waals surface area contributed by atoms with Crippen LogP contribution in [0.4, 0.5) is 18.9 Å². The Bertz CT molecular complexity index is 1400. The van der Waals surface area contributed by atoms with E-state index in [1.54, 1.807) is 16.8 Å². The van der Waals surface area contributed by atoms with Crippen molar-refractivity contribution in [1.29, 1.82) is 0 Å². The minimum atomic E-state index is -4.90. The highest BCUT2D eigenvalue weighted by Gasteiger charge is 2.31. The van der Waals surface area contributed by atoms with Crippen molar-refractivity contribution in [2.24, 2.45) is 0 Å². The number of nitrogens with zero attached hydrogens (tertiary/aromatic N) is 1. The summed E-state index contributed by atoms with van der Waals surface area (Å²) in [7, 11) is -4.17. The van der Waals surface area contributed by atoms with E-state index in [9.17, 15) is 31.5 Å². The number of alkyl halides is 3. The maximum absolute atomic E-state index is 12.7. The first-order chi connectivity index (χ1) is 15.0. The summed E-state index contributed by atoms with van der Waals surface area (Å²) in [6, 6.07) is 6.83. The Balaban J connectivity index is 1.68. The van der Waals surface area contributed by atoms with Crippen molar-refractivity contribution in [2.75, 3.05) is 4.72 Å². The van der Waals surface area contributed by atoms with Crippen LogP contribution in [0.25, 0.3) is 22.2 Å². The van der Waals surface area contributed by atoms with Crippen LogP contribution in [0.2, 0.25) is 0 Å². The summed E-state index contributed by atoms with van der Waals surface area (Å²) < 4.78 is 68.2. The van der Waals surface area contributed by atoms with Crippen molar-refractivity contribution >= 4 is 44.1 Å². The van der Waals surface area contributed by atoms with Crippen molar-refractivity contribution in [3.8, 4) is 16.9 Å². The topological polar surface area (TPSA) is 121 Å². The van der Waals surface area contributed by atoms with E-state index in [0.717, 1.165) is 24.3 Å². The Kier molecular flexibility index (Phi) is 5.30. The van der Waals surface area contributed by atoms with Gasteiger partial charge in [0.15, 0.2) is 0 Å². The zero-order chi connectivity index (χ0) is 23.1. The van der Waals surface area contributed by atoms with Gasteiger partial charge in [0.05, 0.1) is 16.8 Å². The highest BCUT2D eigenvalue weighted by Crippen LogP contribution is 2.35. The predicted octanol–water partition coefficient (Wildman–Crippen LogP) is 4.69. The maximum Gasteiger partial charge on any atom is 0.573 e. The van der Waals surface area contributed by atoms with Crippen molar-refractivity contribution in [3.05, 3.63) is 59.0 Å².